The van der Waals surface area contributed by atoms with E-state index in [1.165, 1.54) is 6.26 Å². The minimum atomic E-state index is -0.307. The normalized spacial score (nSPS) is 15.4. The molecule has 3 rings (SSSR count). The van der Waals surface area contributed by atoms with E-state index in [4.69, 9.17) is 4.42 Å². The summed E-state index contributed by atoms with van der Waals surface area (Å²) in [6.45, 7) is 0.278. The summed E-state index contributed by atoms with van der Waals surface area (Å²) in [4.78, 5) is 24.0. The average molecular weight is 391 g/mol. The molecule has 6 heteroatoms. The zero-order valence-corrected chi connectivity index (χ0v) is 14.8. The maximum absolute atomic E-state index is 12.3. The molecule has 1 aliphatic rings. The highest BCUT2D eigenvalue weighted by Crippen LogP contribution is 2.41. The lowest BCUT2D eigenvalue weighted by molar-refractivity contribution is -0.124. The summed E-state index contributed by atoms with van der Waals surface area (Å²) in [7, 11) is 0. The molecule has 126 valence electrons. The highest BCUT2D eigenvalue weighted by molar-refractivity contribution is 9.10. The van der Waals surface area contributed by atoms with Crippen LogP contribution in [0.2, 0.25) is 0 Å². The summed E-state index contributed by atoms with van der Waals surface area (Å²) in [5, 5.41) is 5.83. The van der Waals surface area contributed by atoms with Gasteiger partial charge in [0.2, 0.25) is 5.91 Å². The van der Waals surface area contributed by atoms with E-state index < -0.39 is 0 Å². The van der Waals surface area contributed by atoms with Crippen LogP contribution in [-0.4, -0.2) is 18.4 Å². The number of hydrogen-bond donors (Lipinski definition) is 2. The molecule has 2 aromatic rings. The molecule has 1 aromatic heterocycles. The number of furan rings is 1. The Balaban J connectivity index is 1.53. The van der Waals surface area contributed by atoms with Crippen LogP contribution in [-0.2, 0) is 10.3 Å². The summed E-state index contributed by atoms with van der Waals surface area (Å²) in [6.07, 6.45) is 4.66. The van der Waals surface area contributed by atoms with Crippen molar-refractivity contribution in [2.24, 2.45) is 0 Å². The van der Waals surface area contributed by atoms with Gasteiger partial charge in [0.05, 0.1) is 11.8 Å². The predicted molar refractivity (Wildman–Crippen MR) is 93.5 cm³/mol. The predicted octanol–water partition coefficient (Wildman–Crippen LogP) is 3.36. The van der Waals surface area contributed by atoms with Crippen molar-refractivity contribution >= 4 is 27.7 Å². The van der Waals surface area contributed by atoms with E-state index in [0.717, 1.165) is 29.3 Å². The molecule has 2 amide bonds. The molecule has 1 fully saturated rings. The van der Waals surface area contributed by atoms with Crippen molar-refractivity contribution in [3.8, 4) is 0 Å². The first-order valence-electron chi connectivity index (χ1n) is 7.98. The van der Waals surface area contributed by atoms with Crippen LogP contribution in [0.3, 0.4) is 0 Å². The minimum Gasteiger partial charge on any atom is -0.459 e. The molecular formula is C18H19BrN2O3. The number of hydrogen-bond acceptors (Lipinski definition) is 3. The van der Waals surface area contributed by atoms with Crippen molar-refractivity contribution in [2.75, 3.05) is 6.54 Å². The maximum Gasteiger partial charge on any atom is 0.286 e. The van der Waals surface area contributed by atoms with Gasteiger partial charge in [0.25, 0.3) is 5.91 Å². The van der Waals surface area contributed by atoms with Crippen LogP contribution in [0.15, 0.2) is 51.6 Å². The highest BCUT2D eigenvalue weighted by atomic mass is 79.9. The molecule has 0 unspecified atom stereocenters. The second kappa shape index (κ2) is 7.21. The summed E-state index contributed by atoms with van der Waals surface area (Å²) >= 11 is 3.48. The number of amides is 2. The van der Waals surface area contributed by atoms with Gasteiger partial charge in [0, 0.05) is 17.4 Å². The third kappa shape index (κ3) is 3.70. The SMILES string of the molecule is O=C(CCNC(=O)c1ccco1)NC1(c2cccc(Br)c2)CCC1. The lowest BCUT2D eigenvalue weighted by Gasteiger charge is -2.43. The Labute approximate surface area is 148 Å². The van der Waals surface area contributed by atoms with Crippen LogP contribution >= 0.6 is 15.9 Å². The zero-order chi connectivity index (χ0) is 17.0. The van der Waals surface area contributed by atoms with E-state index in [1.807, 2.05) is 18.2 Å². The molecule has 5 nitrogen and oxygen atoms in total. The largest absolute Gasteiger partial charge is 0.459 e. The average Bonchev–Trinajstić information content (AvgIpc) is 3.05. The highest BCUT2D eigenvalue weighted by Gasteiger charge is 2.39. The Morgan fingerprint density at radius 3 is 2.67 bits per heavy atom. The van der Waals surface area contributed by atoms with Gasteiger partial charge in [0.15, 0.2) is 5.76 Å². The fraction of sp³-hybridized carbons (Fsp3) is 0.333. The smallest absolute Gasteiger partial charge is 0.286 e. The van der Waals surface area contributed by atoms with Gasteiger partial charge >= 0.3 is 0 Å². The molecular weight excluding hydrogens is 372 g/mol. The Kier molecular flexibility index (Phi) is 5.04. The van der Waals surface area contributed by atoms with Crippen molar-refractivity contribution < 1.29 is 14.0 Å². The molecule has 24 heavy (non-hydrogen) atoms. The zero-order valence-electron chi connectivity index (χ0n) is 13.2. The van der Waals surface area contributed by atoms with Crippen LogP contribution < -0.4 is 10.6 Å². The number of carbonyl (C=O) groups excluding carboxylic acids is 2. The van der Waals surface area contributed by atoms with Gasteiger partial charge in [-0.25, -0.2) is 0 Å². The van der Waals surface area contributed by atoms with Gasteiger partial charge in [-0.15, -0.1) is 0 Å². The topological polar surface area (TPSA) is 71.3 Å². The van der Waals surface area contributed by atoms with Crippen molar-refractivity contribution in [3.63, 3.8) is 0 Å². The molecule has 1 aromatic carbocycles. The number of nitrogens with one attached hydrogen (secondary N) is 2. The summed E-state index contributed by atoms with van der Waals surface area (Å²) in [5.74, 6) is -0.118. The Bertz CT molecular complexity index is 724. The summed E-state index contributed by atoms with van der Waals surface area (Å²) in [6, 6.07) is 11.3. The van der Waals surface area contributed by atoms with E-state index in [1.54, 1.807) is 12.1 Å². The fourth-order valence-corrected chi connectivity index (χ4v) is 3.32. The van der Waals surface area contributed by atoms with Crippen LogP contribution in [0, 0.1) is 0 Å². The maximum atomic E-state index is 12.3. The van der Waals surface area contributed by atoms with Crippen LogP contribution in [0.1, 0.15) is 41.8 Å². The lowest BCUT2D eigenvalue weighted by Crippen LogP contribution is -2.51. The number of carbonyl (C=O) groups is 2. The number of benzene rings is 1. The minimum absolute atomic E-state index is 0.0607. The van der Waals surface area contributed by atoms with Crippen molar-refractivity contribution in [1.82, 2.24) is 10.6 Å². The first kappa shape index (κ1) is 16.8. The first-order chi connectivity index (χ1) is 11.6. The van der Waals surface area contributed by atoms with Crippen molar-refractivity contribution in [1.29, 1.82) is 0 Å². The summed E-state index contributed by atoms with van der Waals surface area (Å²) in [5.41, 5.74) is 0.849. The van der Waals surface area contributed by atoms with Gasteiger partial charge in [-0.2, -0.15) is 0 Å². The van der Waals surface area contributed by atoms with E-state index in [2.05, 4.69) is 32.6 Å². The second-order valence-corrected chi connectivity index (χ2v) is 6.89. The van der Waals surface area contributed by atoms with Crippen LogP contribution in [0.5, 0.6) is 0 Å². The van der Waals surface area contributed by atoms with Crippen LogP contribution in [0.4, 0.5) is 0 Å². The molecule has 1 saturated carbocycles. The Morgan fingerprint density at radius 2 is 2.04 bits per heavy atom. The van der Waals surface area contributed by atoms with E-state index in [0.29, 0.717) is 0 Å². The molecule has 0 saturated heterocycles. The van der Waals surface area contributed by atoms with Gasteiger partial charge < -0.3 is 15.1 Å². The first-order valence-corrected chi connectivity index (χ1v) is 8.77. The Hall–Kier alpha value is -2.08. The third-order valence-corrected chi connectivity index (χ3v) is 4.84. The molecule has 0 radical (unpaired) electrons. The van der Waals surface area contributed by atoms with E-state index in [9.17, 15) is 9.59 Å². The third-order valence-electron chi connectivity index (χ3n) is 4.35. The van der Waals surface area contributed by atoms with Crippen LogP contribution in [0.25, 0.3) is 0 Å². The molecule has 0 bridgehead atoms. The lowest BCUT2D eigenvalue weighted by atomic mass is 9.71. The van der Waals surface area contributed by atoms with Gasteiger partial charge in [-0.1, -0.05) is 28.1 Å². The number of rotatable bonds is 6. The quantitative estimate of drug-likeness (QED) is 0.794. The summed E-state index contributed by atoms with van der Waals surface area (Å²) < 4.78 is 6.02. The second-order valence-electron chi connectivity index (χ2n) is 5.98. The van der Waals surface area contributed by atoms with E-state index >= 15 is 0 Å². The molecule has 2 N–H and O–H groups in total. The van der Waals surface area contributed by atoms with Crippen molar-refractivity contribution in [2.45, 2.75) is 31.2 Å². The standard InChI is InChI=1S/C18H19BrN2O3/c19-14-5-1-4-13(12-14)18(8-3-9-18)21-16(22)7-10-20-17(23)15-6-2-11-24-15/h1-2,4-6,11-12H,3,7-10H2,(H,20,23)(H,21,22). The molecule has 1 aliphatic carbocycles. The van der Waals surface area contributed by atoms with Gasteiger partial charge in [0.1, 0.15) is 0 Å². The van der Waals surface area contributed by atoms with E-state index in [-0.39, 0.29) is 36.1 Å². The van der Waals surface area contributed by atoms with Gasteiger partial charge in [-0.05, 0) is 49.1 Å². The Morgan fingerprint density at radius 1 is 1.21 bits per heavy atom. The molecule has 0 spiro atoms. The van der Waals surface area contributed by atoms with Gasteiger partial charge in [-0.3, -0.25) is 9.59 Å². The van der Waals surface area contributed by atoms with Crippen molar-refractivity contribution in [3.05, 3.63) is 58.5 Å². The molecule has 0 aliphatic heterocycles. The monoisotopic (exact) mass is 390 g/mol. The molecule has 0 atom stereocenters. The fourth-order valence-electron chi connectivity index (χ4n) is 2.92. The molecule has 1 heterocycles. The number of halogens is 1.